The fraction of sp³-hybridized carbons (Fsp3) is 0.364. The third-order valence-corrected chi connectivity index (χ3v) is 2.72. The highest BCUT2D eigenvalue weighted by atomic mass is 32.2. The lowest BCUT2D eigenvalue weighted by atomic mass is 10.1. The Labute approximate surface area is 87.7 Å². The maximum Gasteiger partial charge on any atom is 0.147 e. The summed E-state index contributed by atoms with van der Waals surface area (Å²) in [6, 6.07) is 6.08. The van der Waals surface area contributed by atoms with Gasteiger partial charge in [-0.1, -0.05) is 19.1 Å². The fourth-order valence-electron chi connectivity index (χ4n) is 1.10. The lowest BCUT2D eigenvalue weighted by Crippen LogP contribution is -2.05. The molecule has 3 heteroatoms. The van der Waals surface area contributed by atoms with Crippen LogP contribution in [-0.2, 0) is 11.2 Å². The zero-order valence-electron chi connectivity index (χ0n) is 8.13. The number of benzene rings is 1. The molecule has 0 bridgehead atoms. The number of ketones is 1. The van der Waals surface area contributed by atoms with Crippen LogP contribution in [0.2, 0.25) is 0 Å². The molecule has 0 saturated carbocycles. The molecule has 0 aromatic heterocycles. The Balaban J connectivity index is 2.44. The predicted molar refractivity (Wildman–Crippen MR) is 58.1 cm³/mol. The molecule has 0 atom stereocenters. The van der Waals surface area contributed by atoms with Gasteiger partial charge in [-0.2, -0.15) is 11.8 Å². The summed E-state index contributed by atoms with van der Waals surface area (Å²) in [6.45, 7) is 2.02. The van der Waals surface area contributed by atoms with Crippen LogP contribution < -0.4 is 0 Å². The molecular formula is C11H13FOS. The van der Waals surface area contributed by atoms with E-state index in [0.29, 0.717) is 12.2 Å². The Bertz CT molecular complexity index is 295. The van der Waals surface area contributed by atoms with E-state index in [4.69, 9.17) is 0 Å². The van der Waals surface area contributed by atoms with Crippen LogP contribution in [-0.4, -0.2) is 17.3 Å². The molecule has 0 fully saturated rings. The zero-order chi connectivity index (χ0) is 10.4. The molecule has 0 N–H and O–H groups in total. The first-order valence-electron chi connectivity index (χ1n) is 4.56. The molecule has 76 valence electrons. The summed E-state index contributed by atoms with van der Waals surface area (Å²) < 4.78 is 12.5. The van der Waals surface area contributed by atoms with Gasteiger partial charge in [0, 0.05) is 6.42 Å². The Kier molecular flexibility index (Phi) is 4.66. The van der Waals surface area contributed by atoms with Crippen LogP contribution in [0.15, 0.2) is 24.3 Å². The van der Waals surface area contributed by atoms with E-state index < -0.39 is 0 Å². The third-order valence-electron chi connectivity index (χ3n) is 1.78. The average Bonchev–Trinajstić information content (AvgIpc) is 2.18. The van der Waals surface area contributed by atoms with Crippen molar-refractivity contribution in [3.8, 4) is 0 Å². The molecular weight excluding hydrogens is 199 g/mol. The van der Waals surface area contributed by atoms with Gasteiger partial charge in [0.2, 0.25) is 0 Å². The van der Waals surface area contributed by atoms with Crippen LogP contribution in [0, 0.1) is 5.82 Å². The summed E-state index contributed by atoms with van der Waals surface area (Å²) >= 11 is 1.61. The van der Waals surface area contributed by atoms with E-state index in [2.05, 4.69) is 0 Å². The number of Topliss-reactive ketones (excluding diaryl/α,β-unsaturated/α-hetero) is 1. The predicted octanol–water partition coefficient (Wildman–Crippen LogP) is 2.69. The van der Waals surface area contributed by atoms with E-state index in [1.807, 2.05) is 6.92 Å². The highest BCUT2D eigenvalue weighted by Crippen LogP contribution is 2.06. The summed E-state index contributed by atoms with van der Waals surface area (Å²) in [5.41, 5.74) is 0.883. The van der Waals surface area contributed by atoms with Crippen molar-refractivity contribution in [1.29, 1.82) is 0 Å². The van der Waals surface area contributed by atoms with Gasteiger partial charge in [-0.3, -0.25) is 4.79 Å². The van der Waals surface area contributed by atoms with Crippen molar-refractivity contribution in [3.63, 3.8) is 0 Å². The van der Waals surface area contributed by atoms with Crippen LogP contribution in [0.4, 0.5) is 4.39 Å². The number of hydrogen-bond acceptors (Lipinski definition) is 2. The van der Waals surface area contributed by atoms with Crippen LogP contribution >= 0.6 is 11.8 Å². The van der Waals surface area contributed by atoms with Crippen LogP contribution in [0.25, 0.3) is 0 Å². The Morgan fingerprint density at radius 3 is 2.57 bits per heavy atom. The van der Waals surface area contributed by atoms with Crippen LogP contribution in [0.5, 0.6) is 0 Å². The normalized spacial score (nSPS) is 10.1. The molecule has 1 aromatic rings. The highest BCUT2D eigenvalue weighted by Gasteiger charge is 2.03. The monoisotopic (exact) mass is 212 g/mol. The molecule has 0 amide bonds. The number of hydrogen-bond donors (Lipinski definition) is 0. The lowest BCUT2D eigenvalue weighted by Gasteiger charge is -2.00. The fourth-order valence-corrected chi connectivity index (χ4v) is 1.63. The van der Waals surface area contributed by atoms with Crippen LogP contribution in [0.1, 0.15) is 12.5 Å². The maximum atomic E-state index is 12.5. The molecule has 0 saturated heterocycles. The molecule has 1 rings (SSSR count). The van der Waals surface area contributed by atoms with Crippen molar-refractivity contribution in [2.75, 3.05) is 11.5 Å². The number of carbonyl (C=O) groups excluding carboxylic acids is 1. The van der Waals surface area contributed by atoms with E-state index in [0.717, 1.165) is 11.3 Å². The molecule has 0 heterocycles. The van der Waals surface area contributed by atoms with Crippen molar-refractivity contribution in [1.82, 2.24) is 0 Å². The minimum atomic E-state index is -0.260. The van der Waals surface area contributed by atoms with E-state index in [-0.39, 0.29) is 11.6 Å². The minimum Gasteiger partial charge on any atom is -0.298 e. The van der Waals surface area contributed by atoms with E-state index >= 15 is 0 Å². The second kappa shape index (κ2) is 5.81. The van der Waals surface area contributed by atoms with Gasteiger partial charge in [0.05, 0.1) is 5.75 Å². The first-order valence-corrected chi connectivity index (χ1v) is 5.71. The zero-order valence-corrected chi connectivity index (χ0v) is 8.94. The van der Waals surface area contributed by atoms with Crippen molar-refractivity contribution >= 4 is 17.5 Å². The van der Waals surface area contributed by atoms with E-state index in [1.54, 1.807) is 23.9 Å². The van der Waals surface area contributed by atoms with Gasteiger partial charge >= 0.3 is 0 Å². The van der Waals surface area contributed by atoms with Crippen LogP contribution in [0.3, 0.4) is 0 Å². The Morgan fingerprint density at radius 2 is 2.00 bits per heavy atom. The lowest BCUT2D eigenvalue weighted by molar-refractivity contribution is -0.116. The van der Waals surface area contributed by atoms with Crippen molar-refractivity contribution in [2.45, 2.75) is 13.3 Å². The molecule has 1 aromatic carbocycles. The number of carbonyl (C=O) groups is 1. The molecule has 0 radical (unpaired) electrons. The standard InChI is InChI=1S/C11H13FOS/c1-2-14-8-11(13)7-9-3-5-10(12)6-4-9/h3-6H,2,7-8H2,1H3. The first-order chi connectivity index (χ1) is 6.72. The first kappa shape index (κ1) is 11.2. The molecule has 0 unspecified atom stereocenters. The topological polar surface area (TPSA) is 17.1 Å². The largest absolute Gasteiger partial charge is 0.298 e. The van der Waals surface area contributed by atoms with Gasteiger partial charge in [-0.15, -0.1) is 0 Å². The SMILES string of the molecule is CCSCC(=O)Cc1ccc(F)cc1. The van der Waals surface area contributed by atoms with Gasteiger partial charge in [-0.25, -0.2) is 4.39 Å². The summed E-state index contributed by atoms with van der Waals surface area (Å²) in [5.74, 6) is 1.44. The summed E-state index contributed by atoms with van der Waals surface area (Å²) in [7, 11) is 0. The second-order valence-corrected chi connectivity index (χ2v) is 4.25. The molecule has 0 aliphatic rings. The average molecular weight is 212 g/mol. The number of halogens is 1. The van der Waals surface area contributed by atoms with Gasteiger partial charge in [0.15, 0.2) is 0 Å². The highest BCUT2D eigenvalue weighted by molar-refractivity contribution is 7.99. The quantitative estimate of drug-likeness (QED) is 0.746. The van der Waals surface area contributed by atoms with E-state index in [1.165, 1.54) is 12.1 Å². The van der Waals surface area contributed by atoms with Gasteiger partial charge in [0.25, 0.3) is 0 Å². The smallest absolute Gasteiger partial charge is 0.147 e. The van der Waals surface area contributed by atoms with Crippen molar-refractivity contribution in [3.05, 3.63) is 35.6 Å². The molecule has 0 aliphatic heterocycles. The summed E-state index contributed by atoms with van der Waals surface area (Å²) in [5, 5.41) is 0. The van der Waals surface area contributed by atoms with Gasteiger partial charge < -0.3 is 0 Å². The Morgan fingerprint density at radius 1 is 1.36 bits per heavy atom. The second-order valence-electron chi connectivity index (χ2n) is 2.98. The molecule has 0 aliphatic carbocycles. The minimum absolute atomic E-state index is 0.198. The Hall–Kier alpha value is -0.830. The number of rotatable bonds is 5. The summed E-state index contributed by atoms with van der Waals surface area (Å²) in [4.78, 5) is 11.3. The molecule has 1 nitrogen and oxygen atoms in total. The van der Waals surface area contributed by atoms with E-state index in [9.17, 15) is 9.18 Å². The van der Waals surface area contributed by atoms with Gasteiger partial charge in [-0.05, 0) is 23.4 Å². The van der Waals surface area contributed by atoms with Crippen molar-refractivity contribution < 1.29 is 9.18 Å². The molecule has 14 heavy (non-hydrogen) atoms. The van der Waals surface area contributed by atoms with Crippen molar-refractivity contribution in [2.24, 2.45) is 0 Å². The third kappa shape index (κ3) is 3.92. The summed E-state index contributed by atoms with van der Waals surface area (Å²) in [6.07, 6.45) is 0.410. The maximum absolute atomic E-state index is 12.5. The van der Waals surface area contributed by atoms with Gasteiger partial charge in [0.1, 0.15) is 11.6 Å². The number of thioether (sulfide) groups is 1. The molecule has 0 spiro atoms.